The number of anilines is 1. The van der Waals surface area contributed by atoms with Crippen molar-refractivity contribution in [1.29, 1.82) is 0 Å². The lowest BCUT2D eigenvalue weighted by molar-refractivity contribution is 0.318. The fourth-order valence-corrected chi connectivity index (χ4v) is 4.69. The normalized spacial score (nSPS) is 16.5. The summed E-state index contributed by atoms with van der Waals surface area (Å²) >= 11 is 3.52. The summed E-state index contributed by atoms with van der Waals surface area (Å²) in [5.74, 6) is 1.06. The van der Waals surface area contributed by atoms with Gasteiger partial charge in [0.15, 0.2) is 5.65 Å². The summed E-state index contributed by atoms with van der Waals surface area (Å²) in [5.41, 5.74) is 2.77. The molecule has 4 heterocycles. The smallest absolute Gasteiger partial charge is 0.211 e. The molecule has 148 valence electrons. The van der Waals surface area contributed by atoms with Crippen molar-refractivity contribution in [2.24, 2.45) is 0 Å². The highest BCUT2D eigenvalue weighted by molar-refractivity contribution is 9.10. The van der Waals surface area contributed by atoms with E-state index < -0.39 is 10.0 Å². The Balaban J connectivity index is 1.60. The van der Waals surface area contributed by atoms with E-state index in [1.807, 2.05) is 24.4 Å². The third-order valence-corrected chi connectivity index (χ3v) is 6.85. The molecule has 1 saturated heterocycles. The van der Waals surface area contributed by atoms with Gasteiger partial charge in [0.25, 0.3) is 0 Å². The zero-order valence-electron chi connectivity index (χ0n) is 15.4. The van der Waals surface area contributed by atoms with Crippen molar-refractivity contribution in [2.75, 3.05) is 24.7 Å². The highest BCUT2D eigenvalue weighted by Gasteiger charge is 2.27. The molecule has 3 aromatic heterocycles. The van der Waals surface area contributed by atoms with Gasteiger partial charge in [0.2, 0.25) is 10.0 Å². The first-order valence-electron chi connectivity index (χ1n) is 9.04. The van der Waals surface area contributed by atoms with E-state index in [0.29, 0.717) is 19.6 Å². The Morgan fingerprint density at radius 2 is 2.07 bits per heavy atom. The van der Waals surface area contributed by atoms with Gasteiger partial charge in [-0.2, -0.15) is 9.61 Å². The van der Waals surface area contributed by atoms with Crippen LogP contribution in [0.2, 0.25) is 0 Å². The van der Waals surface area contributed by atoms with Gasteiger partial charge in [-0.15, -0.1) is 0 Å². The highest BCUT2D eigenvalue weighted by Crippen LogP contribution is 2.31. The van der Waals surface area contributed by atoms with Gasteiger partial charge in [-0.25, -0.2) is 17.7 Å². The van der Waals surface area contributed by atoms with Crippen molar-refractivity contribution in [1.82, 2.24) is 23.9 Å². The molecule has 0 aromatic carbocycles. The number of fused-ring (bicyclic) bond motifs is 1. The topological polar surface area (TPSA) is 92.5 Å². The Bertz CT molecular complexity index is 1080. The Labute approximate surface area is 172 Å². The molecule has 28 heavy (non-hydrogen) atoms. The van der Waals surface area contributed by atoms with Crippen LogP contribution in [-0.4, -0.2) is 51.7 Å². The summed E-state index contributed by atoms with van der Waals surface area (Å²) in [6, 6.07) is 5.94. The zero-order chi connectivity index (χ0) is 19.7. The molecule has 1 N–H and O–H groups in total. The molecule has 10 heteroatoms. The maximum Gasteiger partial charge on any atom is 0.211 e. The second-order valence-electron chi connectivity index (χ2n) is 6.95. The largest absolute Gasteiger partial charge is 0.366 e. The van der Waals surface area contributed by atoms with Crippen LogP contribution in [0.15, 0.2) is 41.3 Å². The molecule has 3 aromatic rings. The summed E-state index contributed by atoms with van der Waals surface area (Å²) < 4.78 is 27.7. The molecule has 0 amide bonds. The second-order valence-corrected chi connectivity index (χ2v) is 9.78. The van der Waals surface area contributed by atoms with E-state index >= 15 is 0 Å². The summed E-state index contributed by atoms with van der Waals surface area (Å²) in [5, 5.41) is 7.83. The van der Waals surface area contributed by atoms with Gasteiger partial charge in [0.1, 0.15) is 5.82 Å². The lowest BCUT2D eigenvalue weighted by Crippen LogP contribution is -2.37. The molecule has 0 saturated carbocycles. The van der Waals surface area contributed by atoms with Gasteiger partial charge < -0.3 is 5.32 Å². The number of pyridine rings is 1. The van der Waals surface area contributed by atoms with Crippen LogP contribution in [0.1, 0.15) is 30.0 Å². The third-order valence-electron chi connectivity index (χ3n) is 4.99. The number of piperidine rings is 1. The first kappa shape index (κ1) is 19.3. The van der Waals surface area contributed by atoms with Crippen molar-refractivity contribution < 1.29 is 8.42 Å². The van der Waals surface area contributed by atoms with Gasteiger partial charge in [-0.05, 0) is 40.4 Å². The van der Waals surface area contributed by atoms with Gasteiger partial charge in [-0.1, -0.05) is 6.07 Å². The summed E-state index contributed by atoms with van der Waals surface area (Å²) in [6.45, 7) is 1.67. The average molecular weight is 465 g/mol. The van der Waals surface area contributed by atoms with Crippen molar-refractivity contribution in [3.8, 4) is 0 Å². The minimum Gasteiger partial charge on any atom is -0.366 e. The quantitative estimate of drug-likeness (QED) is 0.623. The molecule has 0 bridgehead atoms. The number of rotatable bonds is 5. The molecule has 0 unspecified atom stereocenters. The lowest BCUT2D eigenvalue weighted by atomic mass is 9.94. The number of nitrogens with zero attached hydrogens (tertiary/aromatic N) is 5. The molecule has 0 aliphatic carbocycles. The molecule has 1 fully saturated rings. The minimum atomic E-state index is -3.14. The van der Waals surface area contributed by atoms with Crippen LogP contribution < -0.4 is 5.32 Å². The maximum atomic E-state index is 11.8. The summed E-state index contributed by atoms with van der Waals surface area (Å²) in [7, 11) is -3.14. The van der Waals surface area contributed by atoms with E-state index in [1.54, 1.807) is 21.2 Å². The Kier molecular flexibility index (Phi) is 5.35. The highest BCUT2D eigenvalue weighted by atomic mass is 79.9. The van der Waals surface area contributed by atoms with Crippen LogP contribution >= 0.6 is 15.9 Å². The molecule has 0 atom stereocenters. The monoisotopic (exact) mass is 464 g/mol. The molecule has 0 radical (unpaired) electrons. The van der Waals surface area contributed by atoms with Gasteiger partial charge >= 0.3 is 0 Å². The Morgan fingerprint density at radius 1 is 1.29 bits per heavy atom. The second kappa shape index (κ2) is 7.76. The van der Waals surface area contributed by atoms with Crippen LogP contribution in [0, 0.1) is 0 Å². The standard InChI is InChI=1S/C18H21BrN6O2S/c1-28(26,27)24-7-4-14(5-8-24)16-9-17(21-11-13-3-2-6-20-10-13)25-18(23-16)15(19)12-22-25/h2-3,6,9-10,12,14,21H,4-5,7-8,11H2,1H3. The molecule has 1 aliphatic heterocycles. The van der Waals surface area contributed by atoms with E-state index in [1.165, 1.54) is 6.26 Å². The van der Waals surface area contributed by atoms with E-state index in [9.17, 15) is 8.42 Å². The molecule has 1 aliphatic rings. The summed E-state index contributed by atoms with van der Waals surface area (Å²) in [4.78, 5) is 8.94. The van der Waals surface area contributed by atoms with Crippen LogP contribution in [0.3, 0.4) is 0 Å². The molecule has 4 rings (SSSR count). The zero-order valence-corrected chi connectivity index (χ0v) is 17.8. The average Bonchev–Trinajstić information content (AvgIpc) is 3.07. The fraction of sp³-hybridized carbons (Fsp3) is 0.389. The van der Waals surface area contributed by atoms with Crippen molar-refractivity contribution in [3.63, 3.8) is 0 Å². The number of aromatic nitrogens is 4. The number of sulfonamides is 1. The van der Waals surface area contributed by atoms with E-state index in [-0.39, 0.29) is 5.92 Å². The summed E-state index contributed by atoms with van der Waals surface area (Å²) in [6.07, 6.45) is 8.08. The third kappa shape index (κ3) is 4.03. The van der Waals surface area contributed by atoms with Crippen molar-refractivity contribution in [2.45, 2.75) is 25.3 Å². The number of hydrogen-bond acceptors (Lipinski definition) is 6. The predicted molar refractivity (Wildman–Crippen MR) is 111 cm³/mol. The lowest BCUT2D eigenvalue weighted by Gasteiger charge is -2.30. The van der Waals surface area contributed by atoms with Crippen LogP contribution in [-0.2, 0) is 16.6 Å². The Morgan fingerprint density at radius 3 is 2.75 bits per heavy atom. The molecule has 0 spiro atoms. The number of hydrogen-bond donors (Lipinski definition) is 1. The molecule has 8 nitrogen and oxygen atoms in total. The van der Waals surface area contributed by atoms with Crippen molar-refractivity contribution in [3.05, 3.63) is 52.5 Å². The minimum absolute atomic E-state index is 0.212. The van der Waals surface area contributed by atoms with Gasteiger partial charge in [-0.3, -0.25) is 4.98 Å². The SMILES string of the molecule is CS(=O)(=O)N1CCC(c2cc(NCc3cccnc3)n3ncc(Br)c3n2)CC1. The maximum absolute atomic E-state index is 11.8. The Hall–Kier alpha value is -2.04. The van der Waals surface area contributed by atoms with Crippen LogP contribution in [0.25, 0.3) is 5.65 Å². The molecular weight excluding hydrogens is 444 g/mol. The molecular formula is C18H21BrN6O2S. The first-order chi connectivity index (χ1) is 13.4. The van der Waals surface area contributed by atoms with Gasteiger partial charge in [0.05, 0.1) is 16.9 Å². The number of halogens is 1. The van der Waals surface area contributed by atoms with E-state index in [0.717, 1.165) is 40.0 Å². The fourth-order valence-electron chi connectivity index (χ4n) is 3.47. The van der Waals surface area contributed by atoms with Crippen LogP contribution in [0.5, 0.6) is 0 Å². The number of nitrogens with one attached hydrogen (secondary N) is 1. The first-order valence-corrected chi connectivity index (χ1v) is 11.7. The van der Waals surface area contributed by atoms with Crippen molar-refractivity contribution >= 4 is 37.4 Å². The van der Waals surface area contributed by atoms with E-state index in [4.69, 9.17) is 4.98 Å². The predicted octanol–water partition coefficient (Wildman–Crippen LogP) is 2.64. The van der Waals surface area contributed by atoms with Crippen LogP contribution in [0.4, 0.5) is 5.82 Å². The van der Waals surface area contributed by atoms with Gasteiger partial charge in [0, 0.05) is 49.7 Å². The van der Waals surface area contributed by atoms with E-state index in [2.05, 4.69) is 31.3 Å².